The molecule has 98 valence electrons. The summed E-state index contributed by atoms with van der Waals surface area (Å²) in [6.07, 6.45) is 2.53. The first-order valence-electron chi connectivity index (χ1n) is 6.41. The van der Waals surface area contributed by atoms with Gasteiger partial charge in [0.05, 0.1) is 7.11 Å². The van der Waals surface area contributed by atoms with E-state index in [2.05, 4.69) is 10.2 Å². The predicted molar refractivity (Wildman–Crippen MR) is 63.9 cm³/mol. The Morgan fingerprint density at radius 2 is 2.06 bits per heavy atom. The van der Waals surface area contributed by atoms with Crippen molar-refractivity contribution in [1.82, 2.24) is 10.2 Å². The van der Waals surface area contributed by atoms with Crippen molar-refractivity contribution in [2.75, 3.05) is 46.5 Å². The van der Waals surface area contributed by atoms with E-state index in [1.807, 2.05) is 0 Å². The van der Waals surface area contributed by atoms with E-state index in [1.165, 1.54) is 7.11 Å². The van der Waals surface area contributed by atoms with Gasteiger partial charge in [0.15, 0.2) is 0 Å². The van der Waals surface area contributed by atoms with Gasteiger partial charge in [0.1, 0.15) is 5.54 Å². The number of hydrogen-bond donors (Lipinski definition) is 1. The highest BCUT2D eigenvalue weighted by Gasteiger charge is 2.45. The van der Waals surface area contributed by atoms with Crippen LogP contribution in [0.3, 0.4) is 0 Å². The smallest absolute Gasteiger partial charge is 0.326 e. The van der Waals surface area contributed by atoms with Crippen LogP contribution in [0.1, 0.15) is 19.3 Å². The van der Waals surface area contributed by atoms with Crippen LogP contribution in [0.25, 0.3) is 0 Å². The van der Waals surface area contributed by atoms with Gasteiger partial charge in [-0.15, -0.1) is 0 Å². The van der Waals surface area contributed by atoms with Crippen molar-refractivity contribution in [2.24, 2.45) is 0 Å². The number of piperazine rings is 1. The van der Waals surface area contributed by atoms with Crippen LogP contribution in [-0.4, -0.2) is 62.9 Å². The first-order chi connectivity index (χ1) is 8.29. The minimum absolute atomic E-state index is 0.0927. The summed E-state index contributed by atoms with van der Waals surface area (Å²) in [6.45, 7) is 5.12. The summed E-state index contributed by atoms with van der Waals surface area (Å²) in [5.74, 6) is -0.0927. The molecule has 0 aromatic rings. The number of nitrogens with one attached hydrogen (secondary N) is 1. The second-order valence-electron chi connectivity index (χ2n) is 4.73. The van der Waals surface area contributed by atoms with Gasteiger partial charge in [0.25, 0.3) is 0 Å². The lowest BCUT2D eigenvalue weighted by atomic mass is 9.88. The molecule has 0 radical (unpaired) electrons. The highest BCUT2D eigenvalue weighted by molar-refractivity contribution is 5.80. The summed E-state index contributed by atoms with van der Waals surface area (Å²) >= 11 is 0. The molecule has 5 nitrogen and oxygen atoms in total. The number of rotatable bonds is 2. The molecule has 2 saturated heterocycles. The quantitative estimate of drug-likeness (QED) is 0.691. The van der Waals surface area contributed by atoms with Crippen molar-refractivity contribution < 1.29 is 14.3 Å². The maximum atomic E-state index is 12.2. The fraction of sp³-hybridized carbons (Fsp3) is 0.917. The highest BCUT2D eigenvalue weighted by atomic mass is 16.5. The van der Waals surface area contributed by atoms with Crippen LogP contribution in [0, 0.1) is 0 Å². The molecule has 0 aromatic heterocycles. The summed E-state index contributed by atoms with van der Waals surface area (Å²) in [5, 5.41) is 3.32. The normalized spacial score (nSPS) is 31.8. The Balaban J connectivity index is 2.17. The molecule has 1 atom stereocenters. The van der Waals surface area contributed by atoms with E-state index < -0.39 is 5.54 Å². The number of esters is 1. The zero-order valence-electron chi connectivity index (χ0n) is 10.5. The van der Waals surface area contributed by atoms with Crippen molar-refractivity contribution in [3.63, 3.8) is 0 Å². The Hall–Kier alpha value is -0.650. The maximum Gasteiger partial charge on any atom is 0.326 e. The predicted octanol–water partition coefficient (Wildman–Crippen LogP) is 0.00390. The molecule has 17 heavy (non-hydrogen) atoms. The number of ether oxygens (including phenoxy) is 2. The van der Waals surface area contributed by atoms with Gasteiger partial charge in [-0.25, -0.2) is 0 Å². The Bertz CT molecular complexity index is 256. The lowest BCUT2D eigenvalue weighted by Crippen LogP contribution is -2.60. The zero-order chi connectivity index (χ0) is 12.1. The van der Waals surface area contributed by atoms with E-state index in [1.54, 1.807) is 0 Å². The fourth-order valence-corrected chi connectivity index (χ4v) is 2.87. The Morgan fingerprint density at radius 1 is 1.29 bits per heavy atom. The molecule has 2 aliphatic rings. The van der Waals surface area contributed by atoms with E-state index in [9.17, 15) is 4.79 Å². The molecular weight excluding hydrogens is 220 g/mol. The average Bonchev–Trinajstić information content (AvgIpc) is 2.65. The first-order valence-corrected chi connectivity index (χ1v) is 6.41. The second kappa shape index (κ2) is 5.80. The first kappa shape index (κ1) is 12.8. The minimum Gasteiger partial charge on any atom is -0.468 e. The number of hydrogen-bond acceptors (Lipinski definition) is 5. The summed E-state index contributed by atoms with van der Waals surface area (Å²) in [7, 11) is 1.48. The molecular formula is C12H22N2O3. The Morgan fingerprint density at radius 3 is 2.76 bits per heavy atom. The van der Waals surface area contributed by atoms with Crippen molar-refractivity contribution in [1.29, 1.82) is 0 Å². The van der Waals surface area contributed by atoms with Crippen LogP contribution in [0.5, 0.6) is 0 Å². The molecule has 0 spiro atoms. The largest absolute Gasteiger partial charge is 0.468 e. The lowest BCUT2D eigenvalue weighted by Gasteiger charge is -2.43. The topological polar surface area (TPSA) is 50.8 Å². The monoisotopic (exact) mass is 242 g/mol. The second-order valence-corrected chi connectivity index (χ2v) is 4.73. The van der Waals surface area contributed by atoms with Gasteiger partial charge in [-0.2, -0.15) is 0 Å². The van der Waals surface area contributed by atoms with Crippen LogP contribution < -0.4 is 5.32 Å². The number of carbonyl (C=O) groups is 1. The molecule has 2 fully saturated rings. The molecule has 0 amide bonds. The van der Waals surface area contributed by atoms with Crippen molar-refractivity contribution in [3.8, 4) is 0 Å². The van der Waals surface area contributed by atoms with E-state index in [0.29, 0.717) is 6.61 Å². The van der Waals surface area contributed by atoms with Gasteiger partial charge in [-0.05, 0) is 19.3 Å². The van der Waals surface area contributed by atoms with Crippen LogP contribution in [-0.2, 0) is 14.3 Å². The van der Waals surface area contributed by atoms with Gasteiger partial charge in [0.2, 0.25) is 0 Å². The number of carbonyl (C=O) groups excluding carboxylic acids is 1. The average molecular weight is 242 g/mol. The molecule has 0 saturated carbocycles. The van der Waals surface area contributed by atoms with Crippen molar-refractivity contribution >= 4 is 5.97 Å². The maximum absolute atomic E-state index is 12.2. The molecule has 0 aliphatic carbocycles. The minimum atomic E-state index is -0.451. The number of methoxy groups -OCH3 is 1. The van der Waals surface area contributed by atoms with Crippen LogP contribution >= 0.6 is 0 Å². The van der Waals surface area contributed by atoms with Crippen molar-refractivity contribution in [3.05, 3.63) is 0 Å². The Kier molecular flexibility index (Phi) is 4.36. The SMILES string of the molecule is COC(=O)C1(N2CCNCC2)CCCOCC1. The van der Waals surface area contributed by atoms with E-state index in [-0.39, 0.29) is 5.97 Å². The van der Waals surface area contributed by atoms with E-state index in [0.717, 1.165) is 52.0 Å². The van der Waals surface area contributed by atoms with Gasteiger partial charge in [0, 0.05) is 39.4 Å². The molecule has 2 aliphatic heterocycles. The third kappa shape index (κ3) is 2.61. The molecule has 1 unspecified atom stereocenters. The van der Waals surface area contributed by atoms with Crippen LogP contribution in [0.2, 0.25) is 0 Å². The fourth-order valence-electron chi connectivity index (χ4n) is 2.87. The lowest BCUT2D eigenvalue weighted by molar-refractivity contribution is -0.157. The van der Waals surface area contributed by atoms with E-state index >= 15 is 0 Å². The summed E-state index contributed by atoms with van der Waals surface area (Å²) in [6, 6.07) is 0. The van der Waals surface area contributed by atoms with Gasteiger partial charge < -0.3 is 14.8 Å². The third-order valence-corrected chi connectivity index (χ3v) is 3.83. The molecule has 1 N–H and O–H groups in total. The van der Waals surface area contributed by atoms with Gasteiger partial charge in [-0.1, -0.05) is 0 Å². The van der Waals surface area contributed by atoms with Gasteiger partial charge in [-0.3, -0.25) is 9.69 Å². The van der Waals surface area contributed by atoms with E-state index in [4.69, 9.17) is 9.47 Å². The zero-order valence-corrected chi connectivity index (χ0v) is 10.5. The highest BCUT2D eigenvalue weighted by Crippen LogP contribution is 2.30. The summed E-state index contributed by atoms with van der Waals surface area (Å²) in [4.78, 5) is 14.5. The number of nitrogens with zero attached hydrogens (tertiary/aromatic N) is 1. The van der Waals surface area contributed by atoms with Gasteiger partial charge >= 0.3 is 5.97 Å². The van der Waals surface area contributed by atoms with Crippen molar-refractivity contribution in [2.45, 2.75) is 24.8 Å². The third-order valence-electron chi connectivity index (χ3n) is 3.83. The molecule has 2 heterocycles. The standard InChI is InChI=1S/C12H22N2O3/c1-16-11(15)12(3-2-9-17-10-4-12)14-7-5-13-6-8-14/h13H,2-10H2,1H3. The van der Waals surface area contributed by atoms with Crippen LogP contribution in [0.15, 0.2) is 0 Å². The molecule has 0 bridgehead atoms. The Labute approximate surface area is 102 Å². The molecule has 2 rings (SSSR count). The molecule has 5 heteroatoms. The summed E-state index contributed by atoms with van der Waals surface area (Å²) in [5.41, 5.74) is -0.451. The molecule has 0 aromatic carbocycles. The van der Waals surface area contributed by atoms with Crippen LogP contribution in [0.4, 0.5) is 0 Å². The summed E-state index contributed by atoms with van der Waals surface area (Å²) < 4.78 is 10.5.